The second-order valence-electron chi connectivity index (χ2n) is 9.56. The first-order valence-electron chi connectivity index (χ1n) is 12.9. The summed E-state index contributed by atoms with van der Waals surface area (Å²) in [6, 6.07) is 9.26. The van der Waals surface area contributed by atoms with Crippen LogP contribution >= 0.6 is 22.6 Å². The minimum Gasteiger partial charge on any atom is -0.490 e. The zero-order chi connectivity index (χ0) is 27.5. The van der Waals surface area contributed by atoms with Crippen LogP contribution in [0.3, 0.4) is 0 Å². The molecule has 0 bridgehead atoms. The summed E-state index contributed by atoms with van der Waals surface area (Å²) >= 11 is 2.24. The first-order chi connectivity index (χ1) is 18.3. The van der Waals surface area contributed by atoms with Gasteiger partial charge in [-0.1, -0.05) is 26.0 Å². The maximum Gasteiger partial charge on any atom is 0.243 e. The molecule has 3 atom stereocenters. The Kier molecular flexibility index (Phi) is 11.7. The van der Waals surface area contributed by atoms with Gasteiger partial charge < -0.3 is 31.7 Å². The molecular weight excluding hydrogens is 599 g/mol. The summed E-state index contributed by atoms with van der Waals surface area (Å²) in [5.41, 5.74) is 7.59. The van der Waals surface area contributed by atoms with Crippen LogP contribution in [-0.2, 0) is 27.2 Å². The molecule has 2 heterocycles. The highest BCUT2D eigenvalue weighted by atomic mass is 127. The number of amides is 3. The van der Waals surface area contributed by atoms with Crippen LogP contribution in [0.4, 0.5) is 0 Å². The molecule has 6 N–H and O–H groups in total. The number of pyridine rings is 1. The van der Waals surface area contributed by atoms with E-state index in [-0.39, 0.29) is 24.3 Å². The van der Waals surface area contributed by atoms with Crippen molar-refractivity contribution < 1.29 is 19.1 Å². The maximum atomic E-state index is 13.5. The van der Waals surface area contributed by atoms with Crippen LogP contribution in [0.2, 0.25) is 0 Å². The Morgan fingerprint density at radius 3 is 2.61 bits per heavy atom. The van der Waals surface area contributed by atoms with E-state index in [9.17, 15) is 14.4 Å². The second kappa shape index (κ2) is 15.0. The van der Waals surface area contributed by atoms with Crippen molar-refractivity contribution >= 4 is 40.3 Å². The van der Waals surface area contributed by atoms with Crippen LogP contribution in [0.15, 0.2) is 42.6 Å². The normalized spacial score (nSPS) is 22.2. The van der Waals surface area contributed by atoms with Crippen LogP contribution in [0.5, 0.6) is 5.75 Å². The Labute approximate surface area is 237 Å². The third-order valence-electron chi connectivity index (χ3n) is 6.25. The monoisotopic (exact) mass is 636 g/mol. The largest absolute Gasteiger partial charge is 0.490 e. The molecule has 1 aromatic heterocycles. The number of hydrogen-bond donors (Lipinski definition) is 5. The smallest absolute Gasteiger partial charge is 0.243 e. The first kappa shape index (κ1) is 29.8. The van der Waals surface area contributed by atoms with Gasteiger partial charge in [-0.3, -0.25) is 19.4 Å². The van der Waals surface area contributed by atoms with Gasteiger partial charge in [0, 0.05) is 29.4 Å². The van der Waals surface area contributed by atoms with Crippen LogP contribution < -0.4 is 31.7 Å². The molecule has 0 fully saturated rings. The summed E-state index contributed by atoms with van der Waals surface area (Å²) in [6.45, 7) is 4.77. The lowest BCUT2D eigenvalue weighted by atomic mass is 10.0. The zero-order valence-electron chi connectivity index (χ0n) is 21.8. The minimum absolute atomic E-state index is 0.0641. The van der Waals surface area contributed by atoms with Gasteiger partial charge in [0.2, 0.25) is 17.7 Å². The predicted molar refractivity (Wildman–Crippen MR) is 153 cm³/mol. The number of aromatic nitrogens is 1. The maximum absolute atomic E-state index is 13.5. The van der Waals surface area contributed by atoms with E-state index in [0.717, 1.165) is 14.8 Å². The molecule has 0 saturated carbocycles. The molecule has 1 aromatic carbocycles. The number of nitrogens with two attached hydrogens (primary N) is 1. The summed E-state index contributed by atoms with van der Waals surface area (Å²) in [7, 11) is 0. The molecule has 1 aliphatic heterocycles. The highest BCUT2D eigenvalue weighted by molar-refractivity contribution is 14.1. The van der Waals surface area contributed by atoms with E-state index in [4.69, 9.17) is 10.5 Å². The molecule has 3 rings (SSSR count). The number of carbonyl (C=O) groups excluding carboxylic acids is 3. The lowest BCUT2D eigenvalue weighted by Gasteiger charge is -2.27. The quantitative estimate of drug-likeness (QED) is 0.314. The average Bonchev–Trinajstić information content (AvgIpc) is 2.89. The van der Waals surface area contributed by atoms with Crippen molar-refractivity contribution in [3.8, 4) is 5.75 Å². The molecule has 38 heavy (non-hydrogen) atoms. The summed E-state index contributed by atoms with van der Waals surface area (Å²) in [6.07, 6.45) is 3.39. The molecule has 2 aromatic rings. The van der Waals surface area contributed by atoms with E-state index < -0.39 is 24.0 Å². The predicted octanol–water partition coefficient (Wildman–Crippen LogP) is 0.913. The van der Waals surface area contributed by atoms with Gasteiger partial charge in [-0.15, -0.1) is 0 Å². The Bertz CT molecular complexity index is 1100. The lowest BCUT2D eigenvalue weighted by Crippen LogP contribution is -2.59. The van der Waals surface area contributed by atoms with Gasteiger partial charge >= 0.3 is 0 Å². The highest BCUT2D eigenvalue weighted by Gasteiger charge is 2.30. The first-order valence-corrected chi connectivity index (χ1v) is 14.0. The number of nitrogens with one attached hydrogen (secondary N) is 4. The fraction of sp³-hybridized carbons (Fsp3) is 0.481. The highest BCUT2D eigenvalue weighted by Crippen LogP contribution is 2.17. The zero-order valence-corrected chi connectivity index (χ0v) is 24.0. The molecule has 0 spiro atoms. The van der Waals surface area contributed by atoms with E-state index in [1.54, 1.807) is 6.20 Å². The van der Waals surface area contributed by atoms with Crippen LogP contribution in [0, 0.1) is 9.49 Å². The Morgan fingerprint density at radius 2 is 1.87 bits per heavy atom. The fourth-order valence-electron chi connectivity index (χ4n) is 4.17. The molecule has 10 nitrogen and oxygen atoms in total. The molecule has 1 aliphatic rings. The second-order valence-corrected chi connectivity index (χ2v) is 10.8. The number of aryl methyl sites for hydroxylation is 1. The average molecular weight is 637 g/mol. The fourth-order valence-corrected chi connectivity index (χ4v) is 4.77. The van der Waals surface area contributed by atoms with Crippen LogP contribution in [0.1, 0.15) is 31.5 Å². The van der Waals surface area contributed by atoms with E-state index in [1.165, 1.54) is 0 Å². The van der Waals surface area contributed by atoms with Crippen LogP contribution in [-0.4, -0.2) is 67.1 Å². The molecule has 0 saturated heterocycles. The minimum atomic E-state index is -0.909. The molecule has 11 heteroatoms. The van der Waals surface area contributed by atoms with Crippen LogP contribution in [0.25, 0.3) is 0 Å². The van der Waals surface area contributed by atoms with Crippen molar-refractivity contribution in [3.05, 3.63) is 57.4 Å². The third-order valence-corrected chi connectivity index (χ3v) is 6.92. The Morgan fingerprint density at radius 1 is 1.05 bits per heavy atom. The SMILES string of the molecule is CC(C)[C@H]1NC(=O)[C@@H](Cc2cccc(I)c2)NCCOc2cccnc2CCCNC(=O)[C@H](CN)NC1=O. The van der Waals surface area contributed by atoms with Crippen molar-refractivity contribution in [2.75, 3.05) is 26.2 Å². The number of carbonyl (C=O) groups is 3. The molecule has 0 unspecified atom stereocenters. The van der Waals surface area contributed by atoms with E-state index in [2.05, 4.69) is 48.8 Å². The van der Waals surface area contributed by atoms with Crippen molar-refractivity contribution in [3.63, 3.8) is 0 Å². The van der Waals surface area contributed by atoms with Gasteiger partial charge in [0.05, 0.1) is 11.7 Å². The number of rotatable bonds is 4. The molecule has 3 amide bonds. The van der Waals surface area contributed by atoms with Gasteiger partial charge in [0.25, 0.3) is 0 Å². The Balaban J connectivity index is 1.84. The van der Waals surface area contributed by atoms with Gasteiger partial charge in [-0.05, 0) is 77.6 Å². The molecule has 206 valence electrons. The number of hydrogen-bond acceptors (Lipinski definition) is 7. The van der Waals surface area contributed by atoms with Gasteiger partial charge in [0.15, 0.2) is 0 Å². The standard InChI is InChI=1S/C27H37IN6O4/c1-17(2)24-27(37)33-22(16-29)25(35)32-11-4-8-20-23(9-5-10-30-20)38-13-12-31-21(26(36)34-24)15-18-6-3-7-19(28)14-18/h3,5-7,9-10,14,17,21-22,24,31H,4,8,11-13,15-16,29H2,1-2H3,(H,32,35)(H,33,37)(H,34,36)/t21-,22+,24-/m1/s1. The van der Waals surface area contributed by atoms with Gasteiger partial charge in [-0.2, -0.15) is 0 Å². The van der Waals surface area contributed by atoms with Gasteiger partial charge in [-0.25, -0.2) is 0 Å². The number of halogens is 1. The van der Waals surface area contributed by atoms with E-state index in [1.807, 2.05) is 50.2 Å². The number of nitrogens with zero attached hydrogens (tertiary/aromatic N) is 1. The lowest BCUT2D eigenvalue weighted by molar-refractivity contribution is -0.133. The number of benzene rings is 1. The summed E-state index contributed by atoms with van der Waals surface area (Å²) in [5.74, 6) is -0.667. The third kappa shape index (κ3) is 8.91. The summed E-state index contributed by atoms with van der Waals surface area (Å²) in [4.78, 5) is 43.7. The van der Waals surface area contributed by atoms with Gasteiger partial charge in [0.1, 0.15) is 24.4 Å². The van der Waals surface area contributed by atoms with E-state index >= 15 is 0 Å². The molecular formula is C27H37IN6O4. The Hall–Kier alpha value is -2.77. The molecule has 0 radical (unpaired) electrons. The number of fused-ring (bicyclic) bond motifs is 1. The van der Waals surface area contributed by atoms with E-state index in [0.29, 0.717) is 44.7 Å². The van der Waals surface area contributed by atoms with Crippen molar-refractivity contribution in [1.82, 2.24) is 26.3 Å². The topological polar surface area (TPSA) is 147 Å². The van der Waals surface area contributed by atoms with Crippen molar-refractivity contribution in [1.29, 1.82) is 0 Å². The summed E-state index contributed by atoms with van der Waals surface area (Å²) in [5, 5.41) is 11.7. The number of ether oxygens (including phenoxy) is 1. The molecule has 0 aliphatic carbocycles. The van der Waals surface area contributed by atoms with Crippen molar-refractivity contribution in [2.24, 2.45) is 11.7 Å². The van der Waals surface area contributed by atoms with Crippen molar-refractivity contribution in [2.45, 2.75) is 51.2 Å². The summed E-state index contributed by atoms with van der Waals surface area (Å²) < 4.78 is 7.06.